The third-order valence-corrected chi connectivity index (χ3v) is 2.74. The molecule has 1 aliphatic heterocycles. The van der Waals surface area contributed by atoms with E-state index >= 15 is 0 Å². The first kappa shape index (κ1) is 15.2. The molecule has 0 amide bonds. The van der Waals surface area contributed by atoms with Gasteiger partial charge in [-0.3, -0.25) is 0 Å². The van der Waals surface area contributed by atoms with Crippen molar-refractivity contribution in [1.29, 1.82) is 0 Å². The van der Waals surface area contributed by atoms with Crippen LogP contribution >= 0.6 is 12.4 Å². The minimum atomic E-state index is -4.44. The Bertz CT molecular complexity index is 403. The summed E-state index contributed by atoms with van der Waals surface area (Å²) in [5.41, 5.74) is -0.756. The summed E-state index contributed by atoms with van der Waals surface area (Å²) in [5.74, 6) is -0.612. The molecule has 1 atom stereocenters. The van der Waals surface area contributed by atoms with Crippen LogP contribution in [0.2, 0.25) is 0 Å². The van der Waals surface area contributed by atoms with Crippen molar-refractivity contribution < 1.29 is 17.6 Å². The lowest BCUT2D eigenvalue weighted by molar-refractivity contribution is -0.137. The topological polar surface area (TPSA) is 24.1 Å². The number of halogens is 5. The van der Waals surface area contributed by atoms with Gasteiger partial charge in [-0.25, -0.2) is 4.39 Å². The Morgan fingerprint density at radius 2 is 1.89 bits per heavy atom. The van der Waals surface area contributed by atoms with E-state index in [2.05, 4.69) is 10.6 Å². The van der Waals surface area contributed by atoms with Crippen LogP contribution in [0.3, 0.4) is 0 Å². The Labute approximate surface area is 108 Å². The molecule has 1 saturated heterocycles. The Kier molecular flexibility index (Phi) is 4.95. The number of benzene rings is 1. The molecule has 2 nitrogen and oxygen atoms in total. The minimum Gasteiger partial charge on any atom is -0.314 e. The summed E-state index contributed by atoms with van der Waals surface area (Å²) in [7, 11) is 0. The SMILES string of the molecule is Cl.Fc1ccc(C(F)(F)F)cc1[C@@H]1CNCCN1. The Hall–Kier alpha value is -0.850. The monoisotopic (exact) mass is 284 g/mol. The van der Waals surface area contributed by atoms with Crippen LogP contribution < -0.4 is 10.6 Å². The van der Waals surface area contributed by atoms with Gasteiger partial charge in [-0.15, -0.1) is 12.4 Å². The zero-order valence-corrected chi connectivity index (χ0v) is 10.2. The largest absolute Gasteiger partial charge is 0.416 e. The van der Waals surface area contributed by atoms with Crippen molar-refractivity contribution in [1.82, 2.24) is 10.6 Å². The molecule has 1 aliphatic rings. The molecule has 7 heteroatoms. The maximum absolute atomic E-state index is 13.5. The number of hydrogen-bond donors (Lipinski definition) is 2. The first-order chi connectivity index (χ1) is 7.98. The fraction of sp³-hybridized carbons (Fsp3) is 0.455. The Morgan fingerprint density at radius 1 is 1.17 bits per heavy atom. The highest BCUT2D eigenvalue weighted by molar-refractivity contribution is 5.85. The molecule has 2 rings (SSSR count). The standard InChI is InChI=1S/C11H12F4N2.ClH/c12-9-2-1-7(11(13,14)15)5-8(9)10-6-16-3-4-17-10;/h1-2,5,10,16-17H,3-4,6H2;1H/t10-;/m0./s1. The highest BCUT2D eigenvalue weighted by atomic mass is 35.5. The molecule has 1 aromatic rings. The summed E-state index contributed by atoms with van der Waals surface area (Å²) >= 11 is 0. The van der Waals surface area contributed by atoms with Gasteiger partial charge < -0.3 is 10.6 Å². The summed E-state index contributed by atoms with van der Waals surface area (Å²) in [4.78, 5) is 0. The van der Waals surface area contributed by atoms with Gasteiger partial charge in [-0.1, -0.05) is 0 Å². The van der Waals surface area contributed by atoms with Crippen molar-refractivity contribution >= 4 is 12.4 Å². The molecule has 18 heavy (non-hydrogen) atoms. The third-order valence-electron chi connectivity index (χ3n) is 2.74. The number of nitrogens with one attached hydrogen (secondary N) is 2. The quantitative estimate of drug-likeness (QED) is 0.774. The normalized spacial score (nSPS) is 20.3. The van der Waals surface area contributed by atoms with Crippen LogP contribution in [0.4, 0.5) is 17.6 Å². The maximum atomic E-state index is 13.5. The van der Waals surface area contributed by atoms with E-state index in [4.69, 9.17) is 0 Å². The van der Waals surface area contributed by atoms with Crippen molar-refractivity contribution in [2.75, 3.05) is 19.6 Å². The summed E-state index contributed by atoms with van der Waals surface area (Å²) in [6, 6.07) is 2.09. The van der Waals surface area contributed by atoms with E-state index in [1.54, 1.807) is 0 Å². The van der Waals surface area contributed by atoms with Gasteiger partial charge in [0.2, 0.25) is 0 Å². The van der Waals surface area contributed by atoms with E-state index in [0.717, 1.165) is 24.7 Å². The second kappa shape index (κ2) is 5.86. The van der Waals surface area contributed by atoms with Crippen LogP contribution in [-0.2, 0) is 6.18 Å². The lowest BCUT2D eigenvalue weighted by Gasteiger charge is -2.25. The molecule has 2 N–H and O–H groups in total. The molecule has 1 fully saturated rings. The molecule has 102 valence electrons. The molecular formula is C11H13ClF4N2. The van der Waals surface area contributed by atoms with E-state index < -0.39 is 23.6 Å². The van der Waals surface area contributed by atoms with Gasteiger partial charge >= 0.3 is 6.18 Å². The van der Waals surface area contributed by atoms with Crippen LogP contribution in [0.5, 0.6) is 0 Å². The summed E-state index contributed by atoms with van der Waals surface area (Å²) in [6.45, 7) is 1.77. The molecule has 1 heterocycles. The number of alkyl halides is 3. The van der Waals surface area contributed by atoms with Crippen LogP contribution in [0.25, 0.3) is 0 Å². The van der Waals surface area contributed by atoms with Gasteiger partial charge in [-0.05, 0) is 18.2 Å². The molecule has 0 bridgehead atoms. The Morgan fingerprint density at radius 3 is 2.44 bits per heavy atom. The van der Waals surface area contributed by atoms with Crippen molar-refractivity contribution in [2.45, 2.75) is 12.2 Å². The molecule has 0 aromatic heterocycles. The highest BCUT2D eigenvalue weighted by Gasteiger charge is 2.32. The summed E-state index contributed by atoms with van der Waals surface area (Å²) < 4.78 is 51.0. The second-order valence-electron chi connectivity index (χ2n) is 3.94. The van der Waals surface area contributed by atoms with Crippen LogP contribution in [0.1, 0.15) is 17.2 Å². The number of hydrogen-bond acceptors (Lipinski definition) is 2. The highest BCUT2D eigenvalue weighted by Crippen LogP contribution is 2.31. The Balaban J connectivity index is 0.00000162. The van der Waals surface area contributed by atoms with Crippen LogP contribution in [0, 0.1) is 5.82 Å². The molecule has 0 unspecified atom stereocenters. The van der Waals surface area contributed by atoms with Gasteiger partial charge in [0.25, 0.3) is 0 Å². The number of piperazine rings is 1. The minimum absolute atomic E-state index is 0. The lowest BCUT2D eigenvalue weighted by Crippen LogP contribution is -2.43. The van der Waals surface area contributed by atoms with Crippen molar-refractivity contribution in [2.24, 2.45) is 0 Å². The fourth-order valence-electron chi connectivity index (χ4n) is 1.86. The van der Waals surface area contributed by atoms with E-state index in [1.807, 2.05) is 0 Å². The van der Waals surface area contributed by atoms with Crippen molar-refractivity contribution in [3.63, 3.8) is 0 Å². The van der Waals surface area contributed by atoms with Gasteiger partial charge in [0, 0.05) is 31.2 Å². The van der Waals surface area contributed by atoms with Gasteiger partial charge in [0.15, 0.2) is 0 Å². The summed E-state index contributed by atoms with van der Waals surface area (Å²) in [5, 5.41) is 5.99. The molecule has 0 aliphatic carbocycles. The molecule has 0 spiro atoms. The number of rotatable bonds is 1. The van der Waals surface area contributed by atoms with E-state index in [9.17, 15) is 17.6 Å². The molecule has 1 aromatic carbocycles. The zero-order valence-electron chi connectivity index (χ0n) is 9.35. The second-order valence-corrected chi connectivity index (χ2v) is 3.94. The first-order valence-corrected chi connectivity index (χ1v) is 5.29. The average molecular weight is 285 g/mol. The third kappa shape index (κ3) is 3.34. The summed E-state index contributed by atoms with van der Waals surface area (Å²) in [6.07, 6.45) is -4.44. The predicted octanol–water partition coefficient (Wildman–Crippen LogP) is 2.50. The lowest BCUT2D eigenvalue weighted by atomic mass is 10.0. The smallest absolute Gasteiger partial charge is 0.314 e. The van der Waals surface area contributed by atoms with Crippen LogP contribution in [0.15, 0.2) is 18.2 Å². The molecular weight excluding hydrogens is 272 g/mol. The van der Waals surface area contributed by atoms with Crippen LogP contribution in [-0.4, -0.2) is 19.6 Å². The zero-order chi connectivity index (χ0) is 12.5. The van der Waals surface area contributed by atoms with Crippen molar-refractivity contribution in [3.8, 4) is 0 Å². The average Bonchev–Trinajstić information content (AvgIpc) is 2.29. The molecule has 0 saturated carbocycles. The molecule has 0 radical (unpaired) electrons. The van der Waals surface area contributed by atoms with E-state index in [0.29, 0.717) is 13.1 Å². The van der Waals surface area contributed by atoms with Gasteiger partial charge in [0.05, 0.1) is 5.56 Å². The maximum Gasteiger partial charge on any atom is 0.416 e. The predicted molar refractivity (Wildman–Crippen MR) is 62.3 cm³/mol. The first-order valence-electron chi connectivity index (χ1n) is 5.29. The van der Waals surface area contributed by atoms with Gasteiger partial charge in [-0.2, -0.15) is 13.2 Å². The van der Waals surface area contributed by atoms with Crippen molar-refractivity contribution in [3.05, 3.63) is 35.1 Å². The van der Waals surface area contributed by atoms with E-state index in [-0.39, 0.29) is 18.0 Å². The van der Waals surface area contributed by atoms with Gasteiger partial charge in [0.1, 0.15) is 5.82 Å². The van der Waals surface area contributed by atoms with E-state index in [1.165, 1.54) is 0 Å². The fourth-order valence-corrected chi connectivity index (χ4v) is 1.86.